The molecule has 1 fully saturated rings. The third-order valence-corrected chi connectivity index (χ3v) is 4.17. The summed E-state index contributed by atoms with van der Waals surface area (Å²) in [5.41, 5.74) is 1.34. The van der Waals surface area contributed by atoms with Crippen LogP contribution in [0.2, 0.25) is 0 Å². The molecule has 0 aromatic carbocycles. The first-order chi connectivity index (χ1) is 9.31. The molecule has 0 aliphatic heterocycles. The lowest BCUT2D eigenvalue weighted by atomic mass is 9.94. The summed E-state index contributed by atoms with van der Waals surface area (Å²) in [5, 5.41) is 3.42. The Morgan fingerprint density at radius 2 is 2.11 bits per heavy atom. The monoisotopic (exact) mass is 264 g/mol. The molecule has 0 atom stereocenters. The molecule has 0 bridgehead atoms. The zero-order valence-corrected chi connectivity index (χ0v) is 12.5. The second-order valence-electron chi connectivity index (χ2n) is 5.75. The van der Waals surface area contributed by atoms with Gasteiger partial charge >= 0.3 is 0 Å². The van der Waals surface area contributed by atoms with Crippen LogP contribution in [0, 0.1) is 0 Å². The quantitative estimate of drug-likeness (QED) is 0.764. The van der Waals surface area contributed by atoms with Crippen molar-refractivity contribution in [2.24, 2.45) is 0 Å². The van der Waals surface area contributed by atoms with E-state index in [1.54, 1.807) is 0 Å². The van der Waals surface area contributed by atoms with E-state index in [9.17, 15) is 0 Å². The Kier molecular flexibility index (Phi) is 5.93. The number of furan rings is 1. The van der Waals surface area contributed by atoms with E-state index in [0.29, 0.717) is 0 Å². The van der Waals surface area contributed by atoms with Gasteiger partial charge in [0.2, 0.25) is 0 Å². The summed E-state index contributed by atoms with van der Waals surface area (Å²) in [6.45, 7) is 5.12. The molecule has 2 rings (SSSR count). The average molecular weight is 264 g/mol. The van der Waals surface area contributed by atoms with Crippen LogP contribution in [0.4, 0.5) is 0 Å². The van der Waals surface area contributed by atoms with Crippen molar-refractivity contribution in [3.63, 3.8) is 0 Å². The molecule has 0 saturated heterocycles. The van der Waals surface area contributed by atoms with Crippen LogP contribution in [-0.2, 0) is 13.1 Å². The van der Waals surface area contributed by atoms with Crippen molar-refractivity contribution in [1.82, 2.24) is 10.2 Å². The number of nitrogens with one attached hydrogen (secondary N) is 1. The van der Waals surface area contributed by atoms with Crippen LogP contribution in [0.25, 0.3) is 0 Å². The molecule has 108 valence electrons. The highest BCUT2D eigenvalue weighted by molar-refractivity contribution is 5.17. The maximum absolute atomic E-state index is 5.61. The molecule has 0 radical (unpaired) electrons. The number of hydrogen-bond donors (Lipinski definition) is 1. The van der Waals surface area contributed by atoms with Crippen LogP contribution < -0.4 is 5.32 Å². The van der Waals surface area contributed by atoms with Crippen LogP contribution in [0.15, 0.2) is 16.7 Å². The first-order valence-corrected chi connectivity index (χ1v) is 7.77. The molecule has 1 heterocycles. The third-order valence-electron chi connectivity index (χ3n) is 4.17. The maximum Gasteiger partial charge on any atom is 0.122 e. The highest BCUT2D eigenvalue weighted by Crippen LogP contribution is 2.23. The van der Waals surface area contributed by atoms with E-state index in [1.165, 1.54) is 37.7 Å². The lowest BCUT2D eigenvalue weighted by Gasteiger charge is -2.31. The third kappa shape index (κ3) is 4.36. The SMILES string of the molecule is CCCNCc1occc1CN(C)C1CCCCC1. The predicted molar refractivity (Wildman–Crippen MR) is 79.0 cm³/mol. The molecule has 1 saturated carbocycles. The van der Waals surface area contributed by atoms with Crippen molar-refractivity contribution in [2.75, 3.05) is 13.6 Å². The summed E-state index contributed by atoms with van der Waals surface area (Å²) in [6, 6.07) is 2.89. The number of nitrogens with zero attached hydrogens (tertiary/aromatic N) is 1. The molecule has 1 aliphatic rings. The molecule has 19 heavy (non-hydrogen) atoms. The van der Waals surface area contributed by atoms with Gasteiger partial charge in [-0.05, 0) is 38.9 Å². The van der Waals surface area contributed by atoms with E-state index in [-0.39, 0.29) is 0 Å². The van der Waals surface area contributed by atoms with E-state index >= 15 is 0 Å². The Balaban J connectivity index is 1.85. The Morgan fingerprint density at radius 1 is 1.32 bits per heavy atom. The minimum absolute atomic E-state index is 0.764. The Labute approximate surface area is 117 Å². The Bertz CT molecular complexity index is 355. The average Bonchev–Trinajstić information content (AvgIpc) is 2.87. The summed E-state index contributed by atoms with van der Waals surface area (Å²) >= 11 is 0. The summed E-state index contributed by atoms with van der Waals surface area (Å²) in [4.78, 5) is 2.51. The second-order valence-corrected chi connectivity index (χ2v) is 5.75. The van der Waals surface area contributed by atoms with Gasteiger partial charge < -0.3 is 9.73 Å². The topological polar surface area (TPSA) is 28.4 Å². The molecule has 1 aromatic rings. The van der Waals surface area contributed by atoms with Gasteiger partial charge in [0.15, 0.2) is 0 Å². The molecule has 0 unspecified atom stereocenters. The van der Waals surface area contributed by atoms with Gasteiger partial charge in [-0.1, -0.05) is 26.2 Å². The first kappa shape index (κ1) is 14.6. The lowest BCUT2D eigenvalue weighted by Crippen LogP contribution is -2.33. The minimum Gasteiger partial charge on any atom is -0.468 e. The molecule has 1 aliphatic carbocycles. The van der Waals surface area contributed by atoms with Crippen molar-refractivity contribution >= 4 is 0 Å². The van der Waals surface area contributed by atoms with Crippen LogP contribution in [0.3, 0.4) is 0 Å². The molecular formula is C16H28N2O. The molecule has 1 N–H and O–H groups in total. The van der Waals surface area contributed by atoms with Gasteiger partial charge in [-0.25, -0.2) is 0 Å². The van der Waals surface area contributed by atoms with E-state index in [2.05, 4.69) is 30.3 Å². The van der Waals surface area contributed by atoms with Crippen LogP contribution in [-0.4, -0.2) is 24.5 Å². The maximum atomic E-state index is 5.61. The summed E-state index contributed by atoms with van der Waals surface area (Å²) in [6.07, 6.45) is 9.92. The number of hydrogen-bond acceptors (Lipinski definition) is 3. The van der Waals surface area contributed by atoms with Gasteiger partial charge in [-0.15, -0.1) is 0 Å². The van der Waals surface area contributed by atoms with Gasteiger partial charge in [0.1, 0.15) is 5.76 Å². The Morgan fingerprint density at radius 3 is 2.84 bits per heavy atom. The molecule has 0 amide bonds. The first-order valence-electron chi connectivity index (χ1n) is 7.77. The lowest BCUT2D eigenvalue weighted by molar-refractivity contribution is 0.183. The van der Waals surface area contributed by atoms with Crippen LogP contribution >= 0.6 is 0 Å². The number of rotatable bonds is 7. The summed E-state index contributed by atoms with van der Waals surface area (Å²) in [5.74, 6) is 1.11. The standard InChI is InChI=1S/C16H28N2O/c1-3-10-17-12-16-14(9-11-19-16)13-18(2)15-7-5-4-6-8-15/h9,11,15,17H,3-8,10,12-13H2,1-2H3. The van der Waals surface area contributed by atoms with Crippen molar-refractivity contribution < 1.29 is 4.42 Å². The van der Waals surface area contributed by atoms with Gasteiger partial charge in [0.05, 0.1) is 12.8 Å². The molecular weight excluding hydrogens is 236 g/mol. The van der Waals surface area contributed by atoms with Gasteiger partial charge in [-0.2, -0.15) is 0 Å². The fraction of sp³-hybridized carbons (Fsp3) is 0.750. The van der Waals surface area contributed by atoms with E-state index in [4.69, 9.17) is 4.42 Å². The zero-order valence-electron chi connectivity index (χ0n) is 12.5. The molecule has 3 heteroatoms. The highest BCUT2D eigenvalue weighted by Gasteiger charge is 2.19. The van der Waals surface area contributed by atoms with Crippen molar-refractivity contribution in [3.05, 3.63) is 23.7 Å². The van der Waals surface area contributed by atoms with Gasteiger partial charge in [0.25, 0.3) is 0 Å². The van der Waals surface area contributed by atoms with Crippen LogP contribution in [0.5, 0.6) is 0 Å². The van der Waals surface area contributed by atoms with E-state index < -0.39 is 0 Å². The fourth-order valence-corrected chi connectivity index (χ4v) is 2.96. The fourth-order valence-electron chi connectivity index (χ4n) is 2.96. The summed E-state index contributed by atoms with van der Waals surface area (Å²) < 4.78 is 5.61. The van der Waals surface area contributed by atoms with Crippen molar-refractivity contribution in [2.45, 2.75) is 64.6 Å². The normalized spacial score (nSPS) is 17.2. The summed E-state index contributed by atoms with van der Waals surface area (Å²) in [7, 11) is 2.26. The van der Waals surface area contributed by atoms with Crippen molar-refractivity contribution in [3.8, 4) is 0 Å². The van der Waals surface area contributed by atoms with Crippen LogP contribution in [0.1, 0.15) is 56.8 Å². The molecule has 0 spiro atoms. The molecule has 1 aromatic heterocycles. The molecule has 3 nitrogen and oxygen atoms in total. The second kappa shape index (κ2) is 7.71. The van der Waals surface area contributed by atoms with E-state index in [0.717, 1.165) is 37.9 Å². The highest BCUT2D eigenvalue weighted by atomic mass is 16.3. The van der Waals surface area contributed by atoms with Crippen molar-refractivity contribution in [1.29, 1.82) is 0 Å². The largest absolute Gasteiger partial charge is 0.468 e. The smallest absolute Gasteiger partial charge is 0.122 e. The minimum atomic E-state index is 0.764. The predicted octanol–water partition coefficient (Wildman–Crippen LogP) is 3.54. The van der Waals surface area contributed by atoms with E-state index in [1.807, 2.05) is 6.26 Å². The Hall–Kier alpha value is -0.800. The zero-order chi connectivity index (χ0) is 13.5. The van der Waals surface area contributed by atoms with Gasteiger partial charge in [0, 0.05) is 18.2 Å². The van der Waals surface area contributed by atoms with Gasteiger partial charge in [-0.3, -0.25) is 4.90 Å².